The molecule has 2 aliphatic heterocycles. The molecule has 0 radical (unpaired) electrons. The molecule has 0 bridgehead atoms. The van der Waals surface area contributed by atoms with Crippen molar-refractivity contribution in [3.63, 3.8) is 0 Å². The number of amidine groups is 1. The molecule has 26 heavy (non-hydrogen) atoms. The number of anilines is 1. The van der Waals surface area contributed by atoms with E-state index in [0.29, 0.717) is 11.6 Å². The minimum Gasteiger partial charge on any atom is -0.346 e. The minimum atomic E-state index is -1.07. The zero-order valence-electron chi connectivity index (χ0n) is 14.4. The molecule has 0 amide bonds. The predicted molar refractivity (Wildman–Crippen MR) is 116 cm³/mol. The second-order valence-corrected chi connectivity index (χ2v) is 8.14. The van der Waals surface area contributed by atoms with Crippen LogP contribution in [0.15, 0.2) is 53.0 Å². The van der Waals surface area contributed by atoms with Crippen LogP contribution in [0.5, 0.6) is 0 Å². The lowest BCUT2D eigenvalue weighted by molar-refractivity contribution is -0.534. The van der Waals surface area contributed by atoms with Crippen molar-refractivity contribution in [3.05, 3.63) is 63.6 Å². The van der Waals surface area contributed by atoms with E-state index in [1.807, 2.05) is 48.5 Å². The Morgan fingerprint density at radius 2 is 1.69 bits per heavy atom. The highest BCUT2D eigenvalue weighted by Crippen LogP contribution is 2.38. The number of aliphatic hydroxyl groups is 1. The summed E-state index contributed by atoms with van der Waals surface area (Å²) in [5.74, 6) is 1.21. The van der Waals surface area contributed by atoms with Crippen molar-refractivity contribution in [1.29, 1.82) is 0 Å². The van der Waals surface area contributed by atoms with Gasteiger partial charge < -0.3 is 5.11 Å². The maximum absolute atomic E-state index is 11.8. The Kier molecular flexibility index (Phi) is 6.12. The predicted octanol–water partition coefficient (Wildman–Crippen LogP) is 5.33. The molecule has 2 aromatic carbocycles. The highest BCUT2D eigenvalue weighted by molar-refractivity contribution is 9.10. The van der Waals surface area contributed by atoms with Gasteiger partial charge in [0.15, 0.2) is 6.54 Å². The third-order valence-electron chi connectivity index (χ3n) is 5.12. The fourth-order valence-corrected chi connectivity index (χ4v) is 4.30. The Bertz CT molecular complexity index is 808. The van der Waals surface area contributed by atoms with Crippen LogP contribution in [0.1, 0.15) is 31.2 Å². The summed E-state index contributed by atoms with van der Waals surface area (Å²) in [6.45, 7) is 1.59. The topological polar surface area (TPSA) is 26.5 Å². The van der Waals surface area contributed by atoms with Gasteiger partial charge in [-0.1, -0.05) is 39.7 Å². The Hall–Kier alpha value is -0.880. The molecule has 6 heteroatoms. The number of benzene rings is 2. The van der Waals surface area contributed by atoms with Crippen molar-refractivity contribution >= 4 is 56.0 Å². The fraction of sp³-hybridized carbons (Fsp3) is 0.350. The lowest BCUT2D eigenvalue weighted by Crippen LogP contribution is -2.47. The van der Waals surface area contributed by atoms with Crippen molar-refractivity contribution < 1.29 is 9.68 Å². The van der Waals surface area contributed by atoms with Gasteiger partial charge in [0.1, 0.15) is 5.69 Å². The molecule has 0 aromatic heterocycles. The van der Waals surface area contributed by atoms with Crippen molar-refractivity contribution in [2.75, 3.05) is 18.0 Å². The van der Waals surface area contributed by atoms with Gasteiger partial charge in [0.05, 0.1) is 6.54 Å². The molecule has 138 valence electrons. The summed E-state index contributed by atoms with van der Waals surface area (Å²) in [6.07, 6.45) is 4.56. The third kappa shape index (κ3) is 3.59. The van der Waals surface area contributed by atoms with Gasteiger partial charge in [-0.05, 0) is 55.7 Å². The number of rotatable bonds is 2. The average molecular weight is 502 g/mol. The third-order valence-corrected chi connectivity index (χ3v) is 5.90. The SMILES string of the molecule is Br.OC1(c2ccc(Br)cc2)C[N+]2=C(CCCCC2)N1c1ccc(Cl)cc1. The Balaban J connectivity index is 0.00000196. The van der Waals surface area contributed by atoms with Crippen molar-refractivity contribution in [3.8, 4) is 0 Å². The van der Waals surface area contributed by atoms with E-state index in [4.69, 9.17) is 11.6 Å². The highest BCUT2D eigenvalue weighted by atomic mass is 79.9. The van der Waals surface area contributed by atoms with E-state index >= 15 is 0 Å². The van der Waals surface area contributed by atoms with Crippen LogP contribution in [0.3, 0.4) is 0 Å². The monoisotopic (exact) mass is 499 g/mol. The molecule has 2 heterocycles. The van der Waals surface area contributed by atoms with E-state index < -0.39 is 5.72 Å². The molecular formula is C20H22Br2ClN2O+. The van der Waals surface area contributed by atoms with Gasteiger partial charge in [0, 0.05) is 21.5 Å². The number of hydrogen-bond donors (Lipinski definition) is 1. The molecular weight excluding hydrogens is 479 g/mol. The summed E-state index contributed by atoms with van der Waals surface area (Å²) in [5, 5.41) is 12.5. The molecule has 1 atom stereocenters. The lowest BCUT2D eigenvalue weighted by Gasteiger charge is -2.29. The van der Waals surface area contributed by atoms with Gasteiger partial charge in [0.25, 0.3) is 11.6 Å². The largest absolute Gasteiger partial charge is 0.346 e. The quantitative estimate of drug-likeness (QED) is 0.563. The molecule has 0 spiro atoms. The lowest BCUT2D eigenvalue weighted by atomic mass is 10.00. The second-order valence-electron chi connectivity index (χ2n) is 6.78. The van der Waals surface area contributed by atoms with Crippen molar-refractivity contribution in [2.24, 2.45) is 0 Å². The van der Waals surface area contributed by atoms with E-state index in [-0.39, 0.29) is 17.0 Å². The van der Waals surface area contributed by atoms with E-state index in [9.17, 15) is 5.11 Å². The molecule has 0 saturated carbocycles. The number of hydrogen-bond acceptors (Lipinski definition) is 2. The summed E-state index contributed by atoms with van der Waals surface area (Å²) < 4.78 is 3.36. The van der Waals surface area contributed by atoms with Crippen LogP contribution in [-0.4, -0.2) is 28.6 Å². The molecule has 4 rings (SSSR count). The van der Waals surface area contributed by atoms with Crippen molar-refractivity contribution in [1.82, 2.24) is 0 Å². The first-order valence-electron chi connectivity index (χ1n) is 8.73. The zero-order chi connectivity index (χ0) is 17.4. The van der Waals surface area contributed by atoms with E-state index in [0.717, 1.165) is 35.1 Å². The molecule has 0 saturated heterocycles. The smallest absolute Gasteiger partial charge is 0.275 e. The van der Waals surface area contributed by atoms with Gasteiger partial charge in [-0.3, -0.25) is 4.58 Å². The van der Waals surface area contributed by atoms with E-state index in [2.05, 4.69) is 25.4 Å². The fourth-order valence-electron chi connectivity index (χ4n) is 3.91. The van der Waals surface area contributed by atoms with Gasteiger partial charge in [-0.15, -0.1) is 17.0 Å². The van der Waals surface area contributed by atoms with Crippen LogP contribution in [0.4, 0.5) is 5.69 Å². The summed E-state index contributed by atoms with van der Waals surface area (Å²) in [5.41, 5.74) is 0.821. The zero-order valence-corrected chi connectivity index (χ0v) is 18.4. The normalized spacial score (nSPS) is 22.7. The first kappa shape index (κ1) is 19.9. The first-order valence-corrected chi connectivity index (χ1v) is 9.90. The first-order chi connectivity index (χ1) is 12.1. The number of nitrogens with zero attached hydrogens (tertiary/aromatic N) is 2. The standard InChI is InChI=1S/C20H21BrClN2O.BrH/c21-16-7-5-15(6-8-16)20(25)14-23-13-3-1-2-4-19(23)24(20)18-11-9-17(22)10-12-18;/h5-12,25H,1-4,13-14H2;1H/q+1;. The summed E-state index contributed by atoms with van der Waals surface area (Å²) >= 11 is 9.57. The van der Waals surface area contributed by atoms with Crippen LogP contribution >= 0.6 is 44.5 Å². The van der Waals surface area contributed by atoms with Crippen LogP contribution in [-0.2, 0) is 5.72 Å². The second kappa shape index (κ2) is 8.01. The molecule has 0 fully saturated rings. The molecule has 2 aromatic rings. The molecule has 1 N–H and O–H groups in total. The average Bonchev–Trinajstić information content (AvgIpc) is 2.74. The molecule has 0 aliphatic carbocycles. The van der Waals surface area contributed by atoms with Crippen LogP contribution < -0.4 is 4.90 Å². The van der Waals surface area contributed by atoms with E-state index in [1.165, 1.54) is 18.7 Å². The van der Waals surface area contributed by atoms with Crippen LogP contribution in [0.25, 0.3) is 0 Å². The Labute approximate surface area is 178 Å². The molecule has 1 unspecified atom stereocenters. The van der Waals surface area contributed by atoms with Crippen LogP contribution in [0, 0.1) is 0 Å². The molecule has 2 aliphatic rings. The van der Waals surface area contributed by atoms with Gasteiger partial charge in [0.2, 0.25) is 0 Å². The van der Waals surface area contributed by atoms with Gasteiger partial charge >= 0.3 is 0 Å². The molecule has 3 nitrogen and oxygen atoms in total. The number of halogens is 3. The Morgan fingerprint density at radius 3 is 2.38 bits per heavy atom. The summed E-state index contributed by atoms with van der Waals surface area (Å²) in [7, 11) is 0. The highest BCUT2D eigenvalue weighted by Gasteiger charge is 2.53. The van der Waals surface area contributed by atoms with Gasteiger partial charge in [-0.2, -0.15) is 4.90 Å². The maximum Gasteiger partial charge on any atom is 0.275 e. The summed E-state index contributed by atoms with van der Waals surface area (Å²) in [4.78, 5) is 2.11. The summed E-state index contributed by atoms with van der Waals surface area (Å²) in [6, 6.07) is 15.7. The minimum absolute atomic E-state index is 0. The van der Waals surface area contributed by atoms with Crippen molar-refractivity contribution in [2.45, 2.75) is 31.4 Å². The maximum atomic E-state index is 11.8. The van der Waals surface area contributed by atoms with Crippen LogP contribution in [0.2, 0.25) is 5.02 Å². The van der Waals surface area contributed by atoms with Gasteiger partial charge in [-0.25, -0.2) is 0 Å². The Morgan fingerprint density at radius 1 is 1.00 bits per heavy atom. The van der Waals surface area contributed by atoms with E-state index in [1.54, 1.807) is 0 Å².